The fourth-order valence-electron chi connectivity index (χ4n) is 1.58. The minimum absolute atomic E-state index is 0. The smallest absolute Gasteiger partial charge is 0.497 e. The Balaban J connectivity index is 0.00000200. The van der Waals surface area contributed by atoms with E-state index in [9.17, 15) is 4.79 Å². The van der Waals surface area contributed by atoms with E-state index in [4.69, 9.17) is 11.2 Å². The molecular weight excluding hydrogens is 435 g/mol. The fraction of sp³-hybridized carbons (Fsp3) is 0.0625. The van der Waals surface area contributed by atoms with Crippen LogP contribution in [-0.2, 0) is 22.4 Å². The first-order valence-corrected chi connectivity index (χ1v) is 5.71. The van der Waals surface area contributed by atoms with E-state index in [2.05, 4.69) is 11.2 Å². The second-order valence-corrected chi connectivity index (χ2v) is 3.88. The Morgan fingerprint density at radius 3 is 2.20 bits per heavy atom. The number of carbonyl (C=O) groups is 1. The van der Waals surface area contributed by atoms with Crippen LogP contribution < -0.4 is 10.1 Å². The van der Waals surface area contributed by atoms with E-state index < -0.39 is 0 Å². The summed E-state index contributed by atoms with van der Waals surface area (Å²) in [6.45, 7) is 0. The summed E-state index contributed by atoms with van der Waals surface area (Å²) < 4.78 is 5.04. The van der Waals surface area contributed by atoms with E-state index >= 15 is 0 Å². The summed E-state index contributed by atoms with van der Waals surface area (Å²) in [4.78, 5) is 12.0. The van der Waals surface area contributed by atoms with E-state index in [1.165, 1.54) is 0 Å². The molecule has 0 radical (unpaired) electrons. The summed E-state index contributed by atoms with van der Waals surface area (Å²) in [7, 11) is 1.58. The number of ether oxygens (including phenoxy) is 1. The molecule has 0 fully saturated rings. The maximum Gasteiger partial charge on any atom is 1.00 e. The van der Waals surface area contributed by atoms with Gasteiger partial charge < -0.3 is 16.5 Å². The number of hydrogen-bond donors (Lipinski definition) is 1. The summed E-state index contributed by atoms with van der Waals surface area (Å²) in [5.74, 6) is 2.80. The molecular formula is C16H12AuNO2. The number of amides is 1. The maximum atomic E-state index is 12.0. The second-order valence-electron chi connectivity index (χ2n) is 3.88. The number of benzene rings is 2. The number of hydrogen-bond acceptors (Lipinski definition) is 2. The van der Waals surface area contributed by atoms with Crippen molar-refractivity contribution in [2.45, 2.75) is 0 Å². The first kappa shape index (κ1) is 16.1. The summed E-state index contributed by atoms with van der Waals surface area (Å²) >= 11 is 0. The molecule has 0 aliphatic carbocycles. The molecule has 20 heavy (non-hydrogen) atoms. The van der Waals surface area contributed by atoms with E-state index in [1.807, 2.05) is 0 Å². The number of nitrogens with one attached hydrogen (secondary N) is 1. The Hall–Kier alpha value is -1.99. The average Bonchev–Trinajstić information content (AvgIpc) is 2.48. The summed E-state index contributed by atoms with van der Waals surface area (Å²) in [6.07, 6.45) is 6.98. The van der Waals surface area contributed by atoms with Gasteiger partial charge in [0.1, 0.15) is 5.75 Å². The van der Waals surface area contributed by atoms with Gasteiger partial charge in [0.25, 0.3) is 5.91 Å². The van der Waals surface area contributed by atoms with Crippen LogP contribution in [0.5, 0.6) is 5.75 Å². The molecule has 0 unspecified atom stereocenters. The van der Waals surface area contributed by atoms with Crippen LogP contribution in [0.4, 0.5) is 5.69 Å². The molecule has 0 heterocycles. The Morgan fingerprint density at radius 1 is 1.10 bits per heavy atom. The van der Waals surface area contributed by atoms with Gasteiger partial charge in [0, 0.05) is 11.3 Å². The molecule has 1 amide bonds. The van der Waals surface area contributed by atoms with E-state index in [0.29, 0.717) is 22.6 Å². The number of methoxy groups -OCH3 is 1. The largest absolute Gasteiger partial charge is 1.00 e. The minimum atomic E-state index is -0.186. The van der Waals surface area contributed by atoms with Crippen LogP contribution in [0.25, 0.3) is 0 Å². The van der Waals surface area contributed by atoms with Gasteiger partial charge >= 0.3 is 22.4 Å². The van der Waals surface area contributed by atoms with Crippen LogP contribution in [0.15, 0.2) is 48.5 Å². The van der Waals surface area contributed by atoms with Crippen molar-refractivity contribution in [3.05, 3.63) is 66.1 Å². The van der Waals surface area contributed by atoms with Crippen molar-refractivity contribution >= 4 is 11.6 Å². The Morgan fingerprint density at radius 2 is 1.70 bits per heavy atom. The van der Waals surface area contributed by atoms with Crippen molar-refractivity contribution in [1.82, 2.24) is 0 Å². The van der Waals surface area contributed by atoms with Gasteiger partial charge in [-0.05, 0) is 24.3 Å². The van der Waals surface area contributed by atoms with Crippen LogP contribution in [0.1, 0.15) is 15.9 Å². The molecule has 0 saturated carbocycles. The normalized spacial score (nSPS) is 9.00. The van der Waals surface area contributed by atoms with Gasteiger partial charge in [0.05, 0.1) is 7.11 Å². The summed E-state index contributed by atoms with van der Waals surface area (Å²) in [5.41, 5.74) is 1.91. The van der Waals surface area contributed by atoms with E-state index in [1.54, 1.807) is 55.6 Å². The standard InChI is InChI=1S/C16H12NO2.Au/c1-3-12-4-8-14(9-5-12)17-16(18)13-6-10-15(19-2)11-7-13;/h4-11H,2H3,(H,17,18);/q-1;+1. The molecule has 2 rings (SSSR count). The molecule has 1 N–H and O–H groups in total. The van der Waals surface area contributed by atoms with Crippen LogP contribution in [-0.4, -0.2) is 13.0 Å². The minimum Gasteiger partial charge on any atom is -0.497 e. The van der Waals surface area contributed by atoms with Crippen LogP contribution in [0.2, 0.25) is 0 Å². The number of rotatable bonds is 3. The van der Waals surface area contributed by atoms with Crippen LogP contribution >= 0.6 is 0 Å². The quantitative estimate of drug-likeness (QED) is 0.447. The predicted molar refractivity (Wildman–Crippen MR) is 73.6 cm³/mol. The zero-order chi connectivity index (χ0) is 13.7. The molecule has 0 aromatic heterocycles. The second kappa shape index (κ2) is 7.56. The van der Waals surface area contributed by atoms with Gasteiger partial charge in [-0.3, -0.25) is 10.7 Å². The summed E-state index contributed by atoms with van der Waals surface area (Å²) in [5, 5.41) is 2.78. The van der Waals surface area contributed by atoms with Gasteiger partial charge in [-0.2, -0.15) is 0 Å². The zero-order valence-electron chi connectivity index (χ0n) is 10.7. The van der Waals surface area contributed by atoms with Crippen LogP contribution in [0.3, 0.4) is 0 Å². The Kier molecular flexibility index (Phi) is 6.08. The van der Waals surface area contributed by atoms with Crippen molar-refractivity contribution in [2.24, 2.45) is 0 Å². The van der Waals surface area contributed by atoms with E-state index in [0.717, 1.165) is 0 Å². The van der Waals surface area contributed by atoms with Gasteiger partial charge in [-0.25, -0.2) is 0 Å². The Labute approximate surface area is 133 Å². The molecule has 4 heteroatoms. The zero-order valence-corrected chi connectivity index (χ0v) is 12.9. The first-order chi connectivity index (χ1) is 9.22. The van der Waals surface area contributed by atoms with Gasteiger partial charge in [0.2, 0.25) is 0 Å². The molecule has 0 aliphatic heterocycles. The average molecular weight is 447 g/mol. The molecule has 104 valence electrons. The molecule has 0 aliphatic rings. The van der Waals surface area contributed by atoms with Crippen molar-refractivity contribution in [1.29, 1.82) is 0 Å². The van der Waals surface area contributed by atoms with Gasteiger partial charge in [-0.1, -0.05) is 12.1 Å². The first-order valence-electron chi connectivity index (χ1n) is 5.71. The van der Waals surface area contributed by atoms with Crippen LogP contribution in [0, 0.1) is 12.3 Å². The van der Waals surface area contributed by atoms with Gasteiger partial charge in [0.15, 0.2) is 0 Å². The molecule has 0 spiro atoms. The molecule has 0 saturated heterocycles. The third kappa shape index (κ3) is 4.01. The van der Waals surface area contributed by atoms with Crippen molar-refractivity contribution < 1.29 is 31.9 Å². The molecule has 0 atom stereocenters. The Bertz CT molecular complexity index is 612. The predicted octanol–water partition coefficient (Wildman–Crippen LogP) is 2.88. The topological polar surface area (TPSA) is 38.3 Å². The molecule has 2 aromatic carbocycles. The van der Waals surface area contributed by atoms with Crippen molar-refractivity contribution in [2.75, 3.05) is 12.4 Å². The third-order valence-corrected chi connectivity index (χ3v) is 2.64. The van der Waals surface area contributed by atoms with Gasteiger partial charge in [-0.15, -0.1) is 17.7 Å². The molecule has 3 nitrogen and oxygen atoms in total. The molecule has 0 bridgehead atoms. The van der Waals surface area contributed by atoms with Crippen molar-refractivity contribution in [3.8, 4) is 11.7 Å². The maximum absolute atomic E-state index is 12.0. The molecule has 2 aromatic rings. The SMILES string of the molecule is [Au+].[C-]#Cc1ccc(NC(=O)c2ccc(OC)cc2)cc1. The number of anilines is 1. The third-order valence-electron chi connectivity index (χ3n) is 2.64. The fourth-order valence-corrected chi connectivity index (χ4v) is 1.58. The van der Waals surface area contributed by atoms with Crippen molar-refractivity contribution in [3.63, 3.8) is 0 Å². The number of carbonyl (C=O) groups excluding carboxylic acids is 1. The monoisotopic (exact) mass is 447 g/mol. The summed E-state index contributed by atoms with van der Waals surface area (Å²) in [6, 6.07) is 13.8. The van der Waals surface area contributed by atoms with E-state index in [-0.39, 0.29) is 28.3 Å².